The lowest BCUT2D eigenvalue weighted by Crippen LogP contribution is -2.09. The number of aromatic nitrogens is 3. The van der Waals surface area contributed by atoms with Crippen molar-refractivity contribution in [3.8, 4) is 5.75 Å². The van der Waals surface area contributed by atoms with Gasteiger partial charge in [0.1, 0.15) is 12.4 Å². The topological polar surface area (TPSA) is 66.2 Å². The largest absolute Gasteiger partial charge is 0.486 e. The van der Waals surface area contributed by atoms with Crippen molar-refractivity contribution in [1.29, 1.82) is 0 Å². The van der Waals surface area contributed by atoms with Crippen LogP contribution < -0.4 is 4.74 Å². The standard InChI is InChI=1S/C18H23N3O3S/c1-5-10-21-16(19-20-18(21)25-12-17(22)23-4)11-24-15-8-6-14(7-9-15)13(2)3/h5-9,13H,1,10-12H2,2-4H3. The van der Waals surface area contributed by atoms with Crippen LogP contribution in [-0.4, -0.2) is 33.6 Å². The van der Waals surface area contributed by atoms with Gasteiger partial charge >= 0.3 is 5.97 Å². The molecule has 0 fully saturated rings. The summed E-state index contributed by atoms with van der Waals surface area (Å²) in [6.07, 6.45) is 1.76. The summed E-state index contributed by atoms with van der Waals surface area (Å²) in [6.45, 7) is 8.90. The molecule has 134 valence electrons. The molecule has 0 saturated heterocycles. The minimum Gasteiger partial charge on any atom is -0.486 e. The summed E-state index contributed by atoms with van der Waals surface area (Å²) in [7, 11) is 1.36. The molecule has 7 heteroatoms. The average molecular weight is 361 g/mol. The Kier molecular flexibility index (Phi) is 7.06. The van der Waals surface area contributed by atoms with Crippen LogP contribution in [0.4, 0.5) is 0 Å². The maximum Gasteiger partial charge on any atom is 0.316 e. The number of benzene rings is 1. The normalized spacial score (nSPS) is 10.7. The van der Waals surface area contributed by atoms with Gasteiger partial charge in [0.15, 0.2) is 11.0 Å². The Labute approximate surface area is 152 Å². The van der Waals surface area contributed by atoms with Crippen molar-refractivity contribution < 1.29 is 14.3 Å². The number of thioether (sulfide) groups is 1. The third-order valence-electron chi connectivity index (χ3n) is 3.57. The smallest absolute Gasteiger partial charge is 0.316 e. The zero-order valence-electron chi connectivity index (χ0n) is 14.8. The summed E-state index contributed by atoms with van der Waals surface area (Å²) in [6, 6.07) is 8.03. The fourth-order valence-corrected chi connectivity index (χ4v) is 2.92. The van der Waals surface area contributed by atoms with E-state index in [4.69, 9.17) is 4.74 Å². The molecule has 1 heterocycles. The third kappa shape index (κ3) is 5.35. The quantitative estimate of drug-likeness (QED) is 0.387. The summed E-state index contributed by atoms with van der Waals surface area (Å²) in [5.41, 5.74) is 1.27. The van der Waals surface area contributed by atoms with E-state index in [2.05, 4.69) is 47.5 Å². The molecule has 25 heavy (non-hydrogen) atoms. The molecule has 2 aromatic rings. The van der Waals surface area contributed by atoms with Gasteiger partial charge in [-0.1, -0.05) is 43.8 Å². The first kappa shape index (κ1) is 19.1. The predicted octanol–water partition coefficient (Wildman–Crippen LogP) is 3.43. The lowest BCUT2D eigenvalue weighted by atomic mass is 10.0. The molecule has 0 spiro atoms. The number of carbonyl (C=O) groups excluding carboxylic acids is 1. The molecule has 0 N–H and O–H groups in total. The molecule has 0 radical (unpaired) electrons. The summed E-state index contributed by atoms with van der Waals surface area (Å²) < 4.78 is 12.3. The van der Waals surface area contributed by atoms with Crippen molar-refractivity contribution in [2.24, 2.45) is 0 Å². The number of rotatable bonds is 9. The minimum atomic E-state index is -0.304. The van der Waals surface area contributed by atoms with Gasteiger partial charge in [0.25, 0.3) is 0 Å². The molecule has 0 saturated carbocycles. The summed E-state index contributed by atoms with van der Waals surface area (Å²) in [4.78, 5) is 11.3. The SMILES string of the molecule is C=CCn1c(COc2ccc(C(C)C)cc2)nnc1SCC(=O)OC. The van der Waals surface area contributed by atoms with Crippen LogP contribution in [-0.2, 0) is 22.7 Å². The van der Waals surface area contributed by atoms with E-state index in [0.29, 0.717) is 30.1 Å². The average Bonchev–Trinajstić information content (AvgIpc) is 3.00. The van der Waals surface area contributed by atoms with Gasteiger partial charge in [-0.15, -0.1) is 16.8 Å². The zero-order valence-corrected chi connectivity index (χ0v) is 15.6. The fraction of sp³-hybridized carbons (Fsp3) is 0.389. The van der Waals surface area contributed by atoms with Crippen molar-refractivity contribution in [2.75, 3.05) is 12.9 Å². The van der Waals surface area contributed by atoms with Crippen LogP contribution in [0.15, 0.2) is 42.1 Å². The van der Waals surface area contributed by atoms with E-state index in [1.165, 1.54) is 24.4 Å². The molecule has 0 bridgehead atoms. The number of allylic oxidation sites excluding steroid dienone is 1. The van der Waals surface area contributed by atoms with Gasteiger partial charge in [-0.2, -0.15) is 0 Å². The van der Waals surface area contributed by atoms with Crippen LogP contribution in [0.1, 0.15) is 31.2 Å². The Morgan fingerprint density at radius 3 is 2.64 bits per heavy atom. The first-order chi connectivity index (χ1) is 12.0. The minimum absolute atomic E-state index is 0.184. The van der Waals surface area contributed by atoms with Crippen LogP contribution >= 0.6 is 11.8 Å². The molecule has 0 amide bonds. The Morgan fingerprint density at radius 1 is 1.32 bits per heavy atom. The van der Waals surface area contributed by atoms with Crippen molar-refractivity contribution in [3.63, 3.8) is 0 Å². The molecule has 0 atom stereocenters. The summed E-state index contributed by atoms with van der Waals surface area (Å²) in [5, 5.41) is 8.94. The van der Waals surface area contributed by atoms with E-state index in [0.717, 1.165) is 5.75 Å². The van der Waals surface area contributed by atoms with Gasteiger partial charge in [-0.05, 0) is 23.6 Å². The fourth-order valence-electron chi connectivity index (χ4n) is 2.12. The number of hydrogen-bond donors (Lipinski definition) is 0. The number of hydrogen-bond acceptors (Lipinski definition) is 6. The number of esters is 1. The van der Waals surface area contributed by atoms with E-state index in [1.54, 1.807) is 6.08 Å². The third-order valence-corrected chi connectivity index (χ3v) is 4.51. The number of carbonyl (C=O) groups is 1. The lowest BCUT2D eigenvalue weighted by molar-refractivity contribution is -0.137. The van der Waals surface area contributed by atoms with Crippen molar-refractivity contribution in [2.45, 2.75) is 38.1 Å². The molecule has 2 rings (SSSR count). The first-order valence-corrected chi connectivity index (χ1v) is 8.99. The Hall–Kier alpha value is -2.28. The Morgan fingerprint density at radius 2 is 2.04 bits per heavy atom. The van der Waals surface area contributed by atoms with Gasteiger partial charge in [-0.25, -0.2) is 0 Å². The zero-order chi connectivity index (χ0) is 18.2. The monoisotopic (exact) mass is 361 g/mol. The number of ether oxygens (including phenoxy) is 2. The Bertz CT molecular complexity index is 711. The Balaban J connectivity index is 2.04. The van der Waals surface area contributed by atoms with Crippen LogP contribution in [0.3, 0.4) is 0 Å². The predicted molar refractivity (Wildman–Crippen MR) is 97.8 cm³/mol. The van der Waals surface area contributed by atoms with Crippen molar-refractivity contribution in [3.05, 3.63) is 48.3 Å². The number of methoxy groups -OCH3 is 1. The van der Waals surface area contributed by atoms with Gasteiger partial charge in [-0.3, -0.25) is 9.36 Å². The van der Waals surface area contributed by atoms with Gasteiger partial charge in [0.2, 0.25) is 0 Å². The summed E-state index contributed by atoms with van der Waals surface area (Å²) in [5.74, 6) is 1.82. The molecular formula is C18H23N3O3S. The molecule has 1 aromatic carbocycles. The maximum absolute atomic E-state index is 11.3. The molecule has 6 nitrogen and oxygen atoms in total. The highest BCUT2D eigenvalue weighted by Crippen LogP contribution is 2.21. The van der Waals surface area contributed by atoms with Crippen LogP contribution in [0, 0.1) is 0 Å². The van der Waals surface area contributed by atoms with Crippen molar-refractivity contribution >= 4 is 17.7 Å². The second kappa shape index (κ2) is 9.27. The highest BCUT2D eigenvalue weighted by molar-refractivity contribution is 7.99. The van der Waals surface area contributed by atoms with E-state index in [-0.39, 0.29) is 11.7 Å². The molecule has 0 unspecified atom stereocenters. The highest BCUT2D eigenvalue weighted by atomic mass is 32.2. The van der Waals surface area contributed by atoms with Gasteiger partial charge in [0.05, 0.1) is 12.9 Å². The van der Waals surface area contributed by atoms with Crippen LogP contribution in [0.5, 0.6) is 5.75 Å². The van der Waals surface area contributed by atoms with E-state index < -0.39 is 0 Å². The summed E-state index contributed by atoms with van der Waals surface area (Å²) >= 11 is 1.28. The molecule has 0 aliphatic heterocycles. The second-order valence-electron chi connectivity index (χ2n) is 5.68. The molecule has 0 aliphatic carbocycles. The maximum atomic E-state index is 11.3. The van der Waals surface area contributed by atoms with Crippen LogP contribution in [0.2, 0.25) is 0 Å². The highest BCUT2D eigenvalue weighted by Gasteiger charge is 2.14. The van der Waals surface area contributed by atoms with Crippen LogP contribution in [0.25, 0.3) is 0 Å². The molecule has 1 aromatic heterocycles. The molecular weight excluding hydrogens is 338 g/mol. The number of nitrogens with zero attached hydrogens (tertiary/aromatic N) is 3. The molecule has 0 aliphatic rings. The van der Waals surface area contributed by atoms with Gasteiger partial charge in [0, 0.05) is 6.54 Å². The lowest BCUT2D eigenvalue weighted by Gasteiger charge is -2.10. The van der Waals surface area contributed by atoms with Gasteiger partial charge < -0.3 is 9.47 Å². The van der Waals surface area contributed by atoms with E-state index in [1.807, 2.05) is 16.7 Å². The van der Waals surface area contributed by atoms with Crippen molar-refractivity contribution in [1.82, 2.24) is 14.8 Å². The second-order valence-corrected chi connectivity index (χ2v) is 6.62. The van der Waals surface area contributed by atoms with E-state index >= 15 is 0 Å². The van der Waals surface area contributed by atoms with E-state index in [9.17, 15) is 4.79 Å². The first-order valence-electron chi connectivity index (χ1n) is 8.00.